The second-order valence-corrected chi connectivity index (χ2v) is 9.88. The van der Waals surface area contributed by atoms with Gasteiger partial charge in [0.1, 0.15) is 5.82 Å². The molecular formula is C26H39N5O4. The molecular weight excluding hydrogens is 446 g/mol. The molecule has 2 saturated heterocycles. The number of hydrogen-bond donors (Lipinski definition) is 1. The standard InChI is InChI=1S/C26H39N5O4/c1-35-17-9-24(32)31-12-7-3-2-5-11-28-25(33)21-18-20(19-22(21)31)26(34)30-15-13-29(14-16-30)23-8-4-6-10-27-23/h4,6,8,10,20-22H,2-3,5,7,9,11-19H2,1H3,(H,28,33)/t20-,21-,22+/m1/s1. The molecule has 0 radical (unpaired) electrons. The maximum Gasteiger partial charge on any atom is 0.225 e. The molecule has 0 bridgehead atoms. The molecule has 0 unspecified atom stereocenters. The van der Waals surface area contributed by atoms with Gasteiger partial charge in [0.05, 0.1) is 18.9 Å². The van der Waals surface area contributed by atoms with Crippen LogP contribution >= 0.6 is 0 Å². The van der Waals surface area contributed by atoms with E-state index in [1.165, 1.54) is 0 Å². The molecule has 3 heterocycles. The Hall–Kier alpha value is -2.68. The van der Waals surface area contributed by atoms with Crippen LogP contribution in [-0.2, 0) is 19.1 Å². The molecule has 9 nitrogen and oxygen atoms in total. The van der Waals surface area contributed by atoms with Crippen molar-refractivity contribution in [3.8, 4) is 0 Å². The van der Waals surface area contributed by atoms with Crippen LogP contribution in [0.15, 0.2) is 24.4 Å². The van der Waals surface area contributed by atoms with E-state index in [2.05, 4.69) is 15.2 Å². The number of nitrogens with one attached hydrogen (secondary N) is 1. The van der Waals surface area contributed by atoms with Crippen molar-refractivity contribution in [3.05, 3.63) is 24.4 Å². The second-order valence-electron chi connectivity index (χ2n) is 9.88. The lowest BCUT2D eigenvalue weighted by atomic mass is 9.99. The number of hydrogen-bond acceptors (Lipinski definition) is 6. The molecule has 0 aromatic carbocycles. The van der Waals surface area contributed by atoms with Crippen molar-refractivity contribution >= 4 is 23.5 Å². The largest absolute Gasteiger partial charge is 0.384 e. The first kappa shape index (κ1) is 25.4. The number of fused-ring (bicyclic) bond motifs is 1. The van der Waals surface area contributed by atoms with Crippen LogP contribution in [-0.4, -0.2) is 91.5 Å². The number of methoxy groups -OCH3 is 1. The summed E-state index contributed by atoms with van der Waals surface area (Å²) in [5.41, 5.74) is 0. The summed E-state index contributed by atoms with van der Waals surface area (Å²) in [7, 11) is 1.59. The summed E-state index contributed by atoms with van der Waals surface area (Å²) in [5, 5.41) is 3.08. The zero-order valence-electron chi connectivity index (χ0n) is 20.9. The van der Waals surface area contributed by atoms with Gasteiger partial charge in [-0.05, 0) is 37.8 Å². The average Bonchev–Trinajstić information content (AvgIpc) is 3.33. The molecule has 192 valence electrons. The van der Waals surface area contributed by atoms with Gasteiger partial charge in [0.2, 0.25) is 17.7 Å². The number of aromatic nitrogens is 1. The Morgan fingerprint density at radius 1 is 1.06 bits per heavy atom. The molecule has 1 aromatic heterocycles. The number of nitrogens with zero attached hydrogens (tertiary/aromatic N) is 4. The highest BCUT2D eigenvalue weighted by Gasteiger charge is 2.46. The maximum atomic E-state index is 13.5. The van der Waals surface area contributed by atoms with Gasteiger partial charge in [0.25, 0.3) is 0 Å². The first-order valence-corrected chi connectivity index (χ1v) is 13.1. The molecule has 3 atom stereocenters. The lowest BCUT2D eigenvalue weighted by Gasteiger charge is -2.36. The van der Waals surface area contributed by atoms with Crippen LogP contribution in [0.5, 0.6) is 0 Å². The fourth-order valence-corrected chi connectivity index (χ4v) is 5.71. The summed E-state index contributed by atoms with van der Waals surface area (Å²) < 4.78 is 5.14. The fourth-order valence-electron chi connectivity index (χ4n) is 5.71. The van der Waals surface area contributed by atoms with Gasteiger partial charge in [-0.15, -0.1) is 0 Å². The number of carbonyl (C=O) groups excluding carboxylic acids is 3. The van der Waals surface area contributed by atoms with E-state index in [-0.39, 0.29) is 35.6 Å². The Balaban J connectivity index is 1.44. The lowest BCUT2D eigenvalue weighted by molar-refractivity contribution is -0.138. The van der Waals surface area contributed by atoms with Crippen molar-refractivity contribution in [3.63, 3.8) is 0 Å². The van der Waals surface area contributed by atoms with Gasteiger partial charge in [0.15, 0.2) is 0 Å². The number of ether oxygens (including phenoxy) is 1. The highest BCUT2D eigenvalue weighted by molar-refractivity contribution is 5.85. The van der Waals surface area contributed by atoms with E-state index in [0.717, 1.165) is 44.6 Å². The van der Waals surface area contributed by atoms with E-state index in [4.69, 9.17) is 4.74 Å². The van der Waals surface area contributed by atoms with Crippen molar-refractivity contribution in [1.82, 2.24) is 20.1 Å². The molecule has 2 aliphatic heterocycles. The van der Waals surface area contributed by atoms with E-state index < -0.39 is 0 Å². The van der Waals surface area contributed by atoms with E-state index in [0.29, 0.717) is 52.0 Å². The number of anilines is 1. The quantitative estimate of drug-likeness (QED) is 0.682. The predicted molar refractivity (Wildman–Crippen MR) is 133 cm³/mol. The smallest absolute Gasteiger partial charge is 0.225 e. The van der Waals surface area contributed by atoms with Crippen molar-refractivity contribution in [2.45, 2.75) is 51.0 Å². The topological polar surface area (TPSA) is 95.1 Å². The molecule has 1 aliphatic carbocycles. The van der Waals surface area contributed by atoms with Gasteiger partial charge < -0.3 is 24.8 Å². The van der Waals surface area contributed by atoms with Crippen LogP contribution < -0.4 is 10.2 Å². The van der Waals surface area contributed by atoms with E-state index in [1.54, 1.807) is 13.3 Å². The molecule has 4 rings (SSSR count). The second kappa shape index (κ2) is 12.3. The monoisotopic (exact) mass is 485 g/mol. The minimum absolute atomic E-state index is 0.0169. The molecule has 3 aliphatic rings. The summed E-state index contributed by atoms with van der Waals surface area (Å²) in [6, 6.07) is 5.63. The summed E-state index contributed by atoms with van der Waals surface area (Å²) in [6.45, 7) is 4.43. The van der Waals surface area contributed by atoms with Crippen molar-refractivity contribution in [2.24, 2.45) is 11.8 Å². The van der Waals surface area contributed by atoms with E-state index in [1.807, 2.05) is 28.0 Å². The Morgan fingerprint density at radius 2 is 1.86 bits per heavy atom. The Kier molecular flexibility index (Phi) is 8.95. The zero-order valence-corrected chi connectivity index (χ0v) is 20.9. The van der Waals surface area contributed by atoms with Gasteiger partial charge in [-0.25, -0.2) is 4.98 Å². The lowest BCUT2D eigenvalue weighted by Crippen LogP contribution is -2.50. The highest BCUT2D eigenvalue weighted by atomic mass is 16.5. The summed E-state index contributed by atoms with van der Waals surface area (Å²) >= 11 is 0. The minimum Gasteiger partial charge on any atom is -0.384 e. The van der Waals surface area contributed by atoms with Gasteiger partial charge >= 0.3 is 0 Å². The highest BCUT2D eigenvalue weighted by Crippen LogP contribution is 2.37. The Morgan fingerprint density at radius 3 is 2.60 bits per heavy atom. The molecule has 3 amide bonds. The molecule has 1 aromatic rings. The summed E-state index contributed by atoms with van der Waals surface area (Å²) in [4.78, 5) is 50.2. The van der Waals surface area contributed by atoms with Gasteiger partial charge in [-0.2, -0.15) is 0 Å². The fraction of sp³-hybridized carbons (Fsp3) is 0.692. The summed E-state index contributed by atoms with van der Waals surface area (Å²) in [5.74, 6) is 0.468. The molecule has 1 N–H and O–H groups in total. The third kappa shape index (κ3) is 6.31. The average molecular weight is 486 g/mol. The van der Waals surface area contributed by atoms with Crippen LogP contribution in [0.2, 0.25) is 0 Å². The number of pyridine rings is 1. The van der Waals surface area contributed by atoms with Gasteiger partial charge in [-0.1, -0.05) is 18.9 Å². The zero-order chi connectivity index (χ0) is 24.6. The SMILES string of the molecule is COCCC(=O)N1CCCCCCNC(=O)[C@@H]2C[C@@H](C(=O)N3CCN(c4ccccn4)CC3)C[C@@H]21. The Labute approximate surface area is 208 Å². The predicted octanol–water partition coefficient (Wildman–Crippen LogP) is 1.68. The number of amides is 3. The molecule has 35 heavy (non-hydrogen) atoms. The molecule has 0 spiro atoms. The first-order chi connectivity index (χ1) is 17.1. The number of rotatable bonds is 5. The molecule has 3 fully saturated rings. The Bertz CT molecular complexity index is 859. The van der Waals surface area contributed by atoms with Crippen LogP contribution in [0.1, 0.15) is 44.9 Å². The van der Waals surface area contributed by atoms with Crippen LogP contribution in [0, 0.1) is 11.8 Å². The van der Waals surface area contributed by atoms with Crippen molar-refractivity contribution < 1.29 is 19.1 Å². The number of piperazine rings is 1. The van der Waals surface area contributed by atoms with Crippen LogP contribution in [0.25, 0.3) is 0 Å². The third-order valence-corrected chi connectivity index (χ3v) is 7.65. The van der Waals surface area contributed by atoms with E-state index >= 15 is 0 Å². The van der Waals surface area contributed by atoms with Gasteiger partial charge in [-0.3, -0.25) is 14.4 Å². The van der Waals surface area contributed by atoms with Crippen LogP contribution in [0.3, 0.4) is 0 Å². The normalized spacial score (nSPS) is 26.0. The van der Waals surface area contributed by atoms with Crippen molar-refractivity contribution in [1.29, 1.82) is 0 Å². The van der Waals surface area contributed by atoms with Crippen LogP contribution in [0.4, 0.5) is 5.82 Å². The maximum absolute atomic E-state index is 13.5. The van der Waals surface area contributed by atoms with Crippen molar-refractivity contribution in [2.75, 3.05) is 57.9 Å². The first-order valence-electron chi connectivity index (χ1n) is 13.1. The third-order valence-electron chi connectivity index (χ3n) is 7.65. The molecule has 1 saturated carbocycles. The van der Waals surface area contributed by atoms with Gasteiger partial charge in [0, 0.05) is 64.5 Å². The summed E-state index contributed by atoms with van der Waals surface area (Å²) in [6.07, 6.45) is 7.09. The minimum atomic E-state index is -0.344. The van der Waals surface area contributed by atoms with E-state index in [9.17, 15) is 14.4 Å². The number of carbonyl (C=O) groups is 3. The molecule has 9 heteroatoms.